The Morgan fingerprint density at radius 3 is 2.48 bits per heavy atom. The van der Waals surface area contributed by atoms with Gasteiger partial charge in [-0.15, -0.1) is 0 Å². The molecule has 0 bridgehead atoms. The third-order valence-corrected chi connectivity index (χ3v) is 4.71. The molecule has 0 aliphatic carbocycles. The van der Waals surface area contributed by atoms with E-state index in [-0.39, 0.29) is 30.6 Å². The van der Waals surface area contributed by atoms with Crippen molar-refractivity contribution in [3.63, 3.8) is 0 Å². The molecule has 0 spiro atoms. The molecule has 6 heteroatoms. The molecule has 1 aliphatic rings. The van der Waals surface area contributed by atoms with Crippen LogP contribution in [-0.2, 0) is 16.0 Å². The van der Waals surface area contributed by atoms with Crippen LogP contribution in [-0.4, -0.2) is 49.4 Å². The molecule has 0 saturated carbocycles. The van der Waals surface area contributed by atoms with Gasteiger partial charge in [0.25, 0.3) is 0 Å². The molecule has 1 heterocycles. The first kappa shape index (κ1) is 18.9. The Balaban J connectivity index is 1.44. The van der Waals surface area contributed by atoms with Gasteiger partial charge in [-0.1, -0.05) is 42.0 Å². The molecule has 1 N–H and O–H groups in total. The number of carbonyl (C=O) groups excluding carboxylic acids is 2. The van der Waals surface area contributed by atoms with Crippen molar-refractivity contribution in [2.45, 2.75) is 13.3 Å². The number of rotatable bonds is 5. The third-order valence-electron chi connectivity index (χ3n) is 4.71. The van der Waals surface area contributed by atoms with Crippen molar-refractivity contribution in [2.75, 3.05) is 37.6 Å². The second kappa shape index (κ2) is 8.66. The summed E-state index contributed by atoms with van der Waals surface area (Å²) in [4.78, 5) is 28.0. The van der Waals surface area contributed by atoms with Crippen LogP contribution in [0.1, 0.15) is 11.1 Å². The van der Waals surface area contributed by atoms with Crippen LogP contribution in [0.4, 0.5) is 10.1 Å². The van der Waals surface area contributed by atoms with Crippen LogP contribution in [0.15, 0.2) is 48.5 Å². The fourth-order valence-corrected chi connectivity index (χ4v) is 3.26. The number of amides is 2. The van der Waals surface area contributed by atoms with E-state index in [4.69, 9.17) is 0 Å². The van der Waals surface area contributed by atoms with E-state index in [1.54, 1.807) is 23.1 Å². The minimum atomic E-state index is -0.249. The van der Waals surface area contributed by atoms with E-state index in [0.717, 1.165) is 11.1 Å². The first-order chi connectivity index (χ1) is 13.0. The van der Waals surface area contributed by atoms with Crippen LogP contribution in [0.25, 0.3) is 0 Å². The second-order valence-electron chi connectivity index (χ2n) is 6.76. The molecule has 5 nitrogen and oxygen atoms in total. The molecule has 2 aromatic rings. The maximum absolute atomic E-state index is 13.9. The van der Waals surface area contributed by atoms with E-state index in [1.165, 1.54) is 6.07 Å². The molecular weight excluding hydrogens is 345 g/mol. The third kappa shape index (κ3) is 5.06. The number of halogens is 1. The number of aryl methyl sites for hydroxylation is 1. The molecule has 3 rings (SSSR count). The summed E-state index contributed by atoms with van der Waals surface area (Å²) in [6.45, 7) is 4.14. The highest BCUT2D eigenvalue weighted by molar-refractivity contribution is 5.85. The van der Waals surface area contributed by atoms with Crippen LogP contribution in [0, 0.1) is 12.7 Å². The minimum absolute atomic E-state index is 0.00958. The number of benzene rings is 2. The molecule has 0 radical (unpaired) electrons. The van der Waals surface area contributed by atoms with Crippen LogP contribution >= 0.6 is 0 Å². The summed E-state index contributed by atoms with van der Waals surface area (Å²) in [6, 6.07) is 14.4. The zero-order valence-electron chi connectivity index (χ0n) is 15.5. The van der Waals surface area contributed by atoms with E-state index >= 15 is 0 Å². The number of hydrogen-bond donors (Lipinski definition) is 1. The lowest BCUT2D eigenvalue weighted by Crippen LogP contribution is -2.51. The van der Waals surface area contributed by atoms with Crippen LogP contribution < -0.4 is 10.2 Å². The second-order valence-corrected chi connectivity index (χ2v) is 6.76. The molecule has 142 valence electrons. The molecule has 0 aromatic heterocycles. The zero-order chi connectivity index (χ0) is 19.2. The fraction of sp³-hybridized carbons (Fsp3) is 0.333. The molecular formula is C21H24FN3O2. The zero-order valence-corrected chi connectivity index (χ0v) is 15.5. The topological polar surface area (TPSA) is 52.7 Å². The van der Waals surface area contributed by atoms with Gasteiger partial charge in [-0.3, -0.25) is 9.59 Å². The molecule has 2 amide bonds. The summed E-state index contributed by atoms with van der Waals surface area (Å²) < 4.78 is 13.9. The highest BCUT2D eigenvalue weighted by Gasteiger charge is 2.22. The van der Waals surface area contributed by atoms with Crippen molar-refractivity contribution < 1.29 is 14.0 Å². The van der Waals surface area contributed by atoms with Crippen LogP contribution in [0.3, 0.4) is 0 Å². The summed E-state index contributed by atoms with van der Waals surface area (Å²) in [5.41, 5.74) is 2.60. The van der Waals surface area contributed by atoms with Gasteiger partial charge < -0.3 is 15.1 Å². The average Bonchev–Trinajstić information content (AvgIpc) is 2.67. The van der Waals surface area contributed by atoms with Crippen LogP contribution in [0.2, 0.25) is 0 Å². The first-order valence-electron chi connectivity index (χ1n) is 9.12. The summed E-state index contributed by atoms with van der Waals surface area (Å²) in [5.74, 6) is -0.527. The van der Waals surface area contributed by atoms with Gasteiger partial charge in [0.1, 0.15) is 5.82 Å². The number of nitrogens with zero attached hydrogens (tertiary/aromatic N) is 2. The standard InChI is InChI=1S/C21H24FN3O2/c1-16-5-4-6-17(13-16)14-20(26)23-15-21(27)25-11-9-24(10-12-25)19-8-3-2-7-18(19)22/h2-8,13H,9-12,14-15H2,1H3,(H,23,26). The molecule has 2 aromatic carbocycles. The highest BCUT2D eigenvalue weighted by Crippen LogP contribution is 2.20. The average molecular weight is 369 g/mol. The number of para-hydroxylation sites is 1. The van der Waals surface area contributed by atoms with Gasteiger partial charge in [0.05, 0.1) is 18.7 Å². The first-order valence-corrected chi connectivity index (χ1v) is 9.12. The summed E-state index contributed by atoms with van der Waals surface area (Å²) in [5, 5.41) is 2.70. The van der Waals surface area contributed by atoms with Gasteiger partial charge in [0.2, 0.25) is 11.8 Å². The van der Waals surface area contributed by atoms with Crippen molar-refractivity contribution in [3.8, 4) is 0 Å². The Morgan fingerprint density at radius 1 is 1.04 bits per heavy atom. The molecule has 0 atom stereocenters. The normalized spacial score (nSPS) is 14.1. The van der Waals surface area contributed by atoms with E-state index in [1.807, 2.05) is 36.1 Å². The summed E-state index contributed by atoms with van der Waals surface area (Å²) in [6.07, 6.45) is 0.260. The predicted molar refractivity (Wildman–Crippen MR) is 103 cm³/mol. The molecule has 1 saturated heterocycles. The van der Waals surface area contributed by atoms with E-state index in [0.29, 0.717) is 31.9 Å². The Labute approximate surface area is 158 Å². The van der Waals surface area contributed by atoms with Crippen molar-refractivity contribution >= 4 is 17.5 Å². The SMILES string of the molecule is Cc1cccc(CC(=O)NCC(=O)N2CCN(c3ccccc3F)CC2)c1. The minimum Gasteiger partial charge on any atom is -0.366 e. The quantitative estimate of drug-likeness (QED) is 0.879. The smallest absolute Gasteiger partial charge is 0.242 e. The summed E-state index contributed by atoms with van der Waals surface area (Å²) in [7, 11) is 0. The lowest BCUT2D eigenvalue weighted by atomic mass is 10.1. The van der Waals surface area contributed by atoms with Crippen molar-refractivity contribution in [2.24, 2.45) is 0 Å². The lowest BCUT2D eigenvalue weighted by Gasteiger charge is -2.36. The van der Waals surface area contributed by atoms with E-state index in [2.05, 4.69) is 5.32 Å². The van der Waals surface area contributed by atoms with Gasteiger partial charge in [-0.2, -0.15) is 0 Å². The number of anilines is 1. The maximum atomic E-state index is 13.9. The number of carbonyl (C=O) groups is 2. The van der Waals surface area contributed by atoms with Crippen molar-refractivity contribution in [1.82, 2.24) is 10.2 Å². The summed E-state index contributed by atoms with van der Waals surface area (Å²) >= 11 is 0. The number of nitrogens with one attached hydrogen (secondary N) is 1. The maximum Gasteiger partial charge on any atom is 0.242 e. The Bertz CT molecular complexity index is 817. The predicted octanol–water partition coefficient (Wildman–Crippen LogP) is 2.14. The van der Waals surface area contributed by atoms with E-state index < -0.39 is 0 Å². The highest BCUT2D eigenvalue weighted by atomic mass is 19.1. The Morgan fingerprint density at radius 2 is 1.78 bits per heavy atom. The molecule has 1 fully saturated rings. The molecule has 27 heavy (non-hydrogen) atoms. The van der Waals surface area contributed by atoms with Gasteiger partial charge in [0, 0.05) is 26.2 Å². The van der Waals surface area contributed by atoms with Gasteiger partial charge in [-0.05, 0) is 24.6 Å². The van der Waals surface area contributed by atoms with Gasteiger partial charge in [-0.25, -0.2) is 4.39 Å². The van der Waals surface area contributed by atoms with Gasteiger partial charge >= 0.3 is 0 Å². The fourth-order valence-electron chi connectivity index (χ4n) is 3.26. The number of piperazine rings is 1. The van der Waals surface area contributed by atoms with E-state index in [9.17, 15) is 14.0 Å². The Kier molecular flexibility index (Phi) is 6.06. The number of hydrogen-bond acceptors (Lipinski definition) is 3. The Hall–Kier alpha value is -2.89. The largest absolute Gasteiger partial charge is 0.366 e. The van der Waals surface area contributed by atoms with Crippen molar-refractivity contribution in [1.29, 1.82) is 0 Å². The molecule has 0 unspecified atom stereocenters. The molecule has 1 aliphatic heterocycles. The van der Waals surface area contributed by atoms with Crippen LogP contribution in [0.5, 0.6) is 0 Å². The monoisotopic (exact) mass is 369 g/mol. The van der Waals surface area contributed by atoms with Crippen molar-refractivity contribution in [3.05, 3.63) is 65.5 Å². The lowest BCUT2D eigenvalue weighted by molar-refractivity contribution is -0.133. The van der Waals surface area contributed by atoms with Gasteiger partial charge in [0.15, 0.2) is 0 Å².